The zero-order chi connectivity index (χ0) is 16.9. The molecule has 0 N–H and O–H groups in total. The summed E-state index contributed by atoms with van der Waals surface area (Å²) in [6.45, 7) is 1.51. The van der Waals surface area contributed by atoms with Crippen LogP contribution in [-0.4, -0.2) is 23.4 Å². The van der Waals surface area contributed by atoms with E-state index in [1.807, 2.05) is 43.5 Å². The Bertz CT molecular complexity index is 883. The van der Waals surface area contributed by atoms with Gasteiger partial charge in [0.25, 0.3) is 5.69 Å². The first-order chi connectivity index (χ1) is 11.6. The molecule has 0 atom stereocenters. The van der Waals surface area contributed by atoms with E-state index in [0.29, 0.717) is 0 Å². The van der Waals surface area contributed by atoms with Gasteiger partial charge in [-0.15, -0.1) is 0 Å². The van der Waals surface area contributed by atoms with E-state index in [2.05, 4.69) is 11.0 Å². The molecule has 0 unspecified atom stereocenters. The van der Waals surface area contributed by atoms with Gasteiger partial charge in [-0.2, -0.15) is 0 Å². The molecule has 5 heteroatoms. The number of rotatable bonds is 6. The Morgan fingerprint density at radius 2 is 2.04 bits per heavy atom. The highest BCUT2D eigenvalue weighted by Crippen LogP contribution is 2.21. The zero-order valence-corrected chi connectivity index (χ0v) is 13.4. The number of non-ortho nitro benzene ring substituents is 1. The van der Waals surface area contributed by atoms with Crippen molar-refractivity contribution in [2.75, 3.05) is 13.6 Å². The zero-order valence-electron chi connectivity index (χ0n) is 13.4. The quantitative estimate of drug-likeness (QED) is 0.496. The molecule has 0 saturated heterocycles. The highest BCUT2D eigenvalue weighted by atomic mass is 16.6. The lowest BCUT2D eigenvalue weighted by atomic mass is 10.1. The molecule has 0 radical (unpaired) electrons. The molecule has 122 valence electrons. The summed E-state index contributed by atoms with van der Waals surface area (Å²) in [5.74, 6) is 0. The predicted octanol–water partition coefficient (Wildman–Crippen LogP) is 4.49. The fraction of sp³-hybridized carbons (Fsp3) is 0.158. The van der Waals surface area contributed by atoms with E-state index in [9.17, 15) is 10.1 Å². The second-order valence-corrected chi connectivity index (χ2v) is 5.71. The van der Waals surface area contributed by atoms with E-state index in [4.69, 9.17) is 4.42 Å². The monoisotopic (exact) mass is 322 g/mol. The van der Waals surface area contributed by atoms with Crippen molar-refractivity contribution in [3.05, 3.63) is 82.1 Å². The van der Waals surface area contributed by atoms with Crippen LogP contribution in [0.1, 0.15) is 11.1 Å². The number of nitro groups is 1. The highest BCUT2D eigenvalue weighted by Gasteiger charge is 2.07. The van der Waals surface area contributed by atoms with Gasteiger partial charge in [0.05, 0.1) is 11.2 Å². The first-order valence-corrected chi connectivity index (χ1v) is 7.68. The number of nitro benzene ring substituents is 1. The van der Waals surface area contributed by atoms with E-state index in [1.165, 1.54) is 6.07 Å². The van der Waals surface area contributed by atoms with E-state index < -0.39 is 0 Å². The fourth-order valence-corrected chi connectivity index (χ4v) is 2.62. The number of para-hydroxylation sites is 1. The van der Waals surface area contributed by atoms with Crippen LogP contribution in [0.3, 0.4) is 0 Å². The van der Waals surface area contributed by atoms with Crippen molar-refractivity contribution in [2.24, 2.45) is 0 Å². The smallest absolute Gasteiger partial charge is 0.270 e. The van der Waals surface area contributed by atoms with Crippen molar-refractivity contribution in [3.8, 4) is 0 Å². The molecule has 3 aromatic rings. The third-order valence-corrected chi connectivity index (χ3v) is 3.81. The van der Waals surface area contributed by atoms with Gasteiger partial charge in [0, 0.05) is 36.2 Å². The third kappa shape index (κ3) is 3.70. The van der Waals surface area contributed by atoms with E-state index in [-0.39, 0.29) is 10.6 Å². The summed E-state index contributed by atoms with van der Waals surface area (Å²) in [6.07, 6.45) is 5.70. The van der Waals surface area contributed by atoms with Crippen LogP contribution in [0.2, 0.25) is 0 Å². The molecule has 0 spiro atoms. The molecule has 24 heavy (non-hydrogen) atoms. The molecule has 0 aliphatic carbocycles. The number of furan rings is 1. The summed E-state index contributed by atoms with van der Waals surface area (Å²) >= 11 is 0. The fourth-order valence-electron chi connectivity index (χ4n) is 2.62. The summed E-state index contributed by atoms with van der Waals surface area (Å²) in [5.41, 5.74) is 2.98. The summed E-state index contributed by atoms with van der Waals surface area (Å²) < 4.78 is 5.55. The van der Waals surface area contributed by atoms with E-state index in [0.717, 1.165) is 35.2 Å². The third-order valence-electron chi connectivity index (χ3n) is 3.81. The van der Waals surface area contributed by atoms with Crippen molar-refractivity contribution in [2.45, 2.75) is 6.54 Å². The maximum Gasteiger partial charge on any atom is 0.270 e. The molecule has 0 bridgehead atoms. The number of nitrogens with zero attached hydrogens (tertiary/aromatic N) is 2. The number of hydrogen-bond acceptors (Lipinski definition) is 4. The van der Waals surface area contributed by atoms with Crippen LogP contribution in [0.25, 0.3) is 17.0 Å². The van der Waals surface area contributed by atoms with Gasteiger partial charge in [-0.25, -0.2) is 0 Å². The maximum absolute atomic E-state index is 10.8. The van der Waals surface area contributed by atoms with Crippen LogP contribution in [0.15, 0.2) is 65.3 Å². The topological polar surface area (TPSA) is 59.5 Å². The Labute approximate surface area is 140 Å². The van der Waals surface area contributed by atoms with Gasteiger partial charge in [0.15, 0.2) is 0 Å². The lowest BCUT2D eigenvalue weighted by Gasteiger charge is -2.13. The molecule has 0 amide bonds. The molecule has 0 fully saturated rings. The molecule has 0 aliphatic heterocycles. The Morgan fingerprint density at radius 1 is 1.21 bits per heavy atom. The molecule has 3 rings (SSSR count). The lowest BCUT2D eigenvalue weighted by molar-refractivity contribution is -0.384. The Morgan fingerprint density at radius 3 is 2.88 bits per heavy atom. The van der Waals surface area contributed by atoms with Gasteiger partial charge in [-0.05, 0) is 18.7 Å². The van der Waals surface area contributed by atoms with Gasteiger partial charge >= 0.3 is 0 Å². The van der Waals surface area contributed by atoms with Crippen LogP contribution in [0.5, 0.6) is 0 Å². The van der Waals surface area contributed by atoms with Crippen molar-refractivity contribution in [1.82, 2.24) is 4.90 Å². The van der Waals surface area contributed by atoms with Gasteiger partial charge in [0.1, 0.15) is 5.58 Å². The van der Waals surface area contributed by atoms with E-state index in [1.54, 1.807) is 18.4 Å². The van der Waals surface area contributed by atoms with Crippen molar-refractivity contribution in [1.29, 1.82) is 0 Å². The molecule has 5 nitrogen and oxygen atoms in total. The minimum atomic E-state index is -0.381. The van der Waals surface area contributed by atoms with Gasteiger partial charge in [-0.3, -0.25) is 15.0 Å². The van der Waals surface area contributed by atoms with Gasteiger partial charge in [-0.1, -0.05) is 42.5 Å². The number of fused-ring (bicyclic) bond motifs is 1. The van der Waals surface area contributed by atoms with Gasteiger partial charge < -0.3 is 4.42 Å². The maximum atomic E-state index is 10.8. The molecule has 0 saturated carbocycles. The average Bonchev–Trinajstić information content (AvgIpc) is 2.98. The summed E-state index contributed by atoms with van der Waals surface area (Å²) in [5, 5.41) is 11.9. The molecular weight excluding hydrogens is 304 g/mol. The van der Waals surface area contributed by atoms with Crippen molar-refractivity contribution in [3.63, 3.8) is 0 Å². The second kappa shape index (κ2) is 7.10. The number of likely N-dealkylation sites (N-methyl/N-ethyl adjacent to an activating group) is 1. The number of hydrogen-bond donors (Lipinski definition) is 0. The van der Waals surface area contributed by atoms with Crippen LogP contribution in [-0.2, 0) is 6.54 Å². The SMILES string of the molecule is CN(CC=Cc1cccc([N+](=O)[O-])c1)Cc1coc2ccccc12. The highest BCUT2D eigenvalue weighted by molar-refractivity contribution is 5.80. The summed E-state index contributed by atoms with van der Waals surface area (Å²) in [6, 6.07) is 14.6. The molecule has 1 aromatic heterocycles. The van der Waals surface area contributed by atoms with Crippen molar-refractivity contribution < 1.29 is 9.34 Å². The molecule has 2 aromatic carbocycles. The molecule has 1 heterocycles. The lowest BCUT2D eigenvalue weighted by Crippen LogP contribution is -2.17. The minimum Gasteiger partial charge on any atom is -0.464 e. The summed E-state index contributed by atoms with van der Waals surface area (Å²) in [4.78, 5) is 12.6. The van der Waals surface area contributed by atoms with Crippen LogP contribution >= 0.6 is 0 Å². The molecular formula is C19H18N2O3. The predicted molar refractivity (Wildman–Crippen MR) is 94.7 cm³/mol. The standard InChI is InChI=1S/C19H18N2O3/c1-20(13-16-14-24-19-10-3-2-9-18(16)19)11-5-7-15-6-4-8-17(12-15)21(22)23/h2-10,12,14H,11,13H2,1H3. The first kappa shape index (κ1) is 16.0. The first-order valence-electron chi connectivity index (χ1n) is 7.68. The van der Waals surface area contributed by atoms with Gasteiger partial charge in [0.2, 0.25) is 0 Å². The van der Waals surface area contributed by atoms with Crippen molar-refractivity contribution >= 4 is 22.7 Å². The van der Waals surface area contributed by atoms with Crippen LogP contribution in [0.4, 0.5) is 5.69 Å². The van der Waals surface area contributed by atoms with Crippen LogP contribution in [0, 0.1) is 10.1 Å². The molecule has 0 aliphatic rings. The summed E-state index contributed by atoms with van der Waals surface area (Å²) in [7, 11) is 2.03. The Balaban J connectivity index is 1.62. The Kier molecular flexibility index (Phi) is 4.72. The van der Waals surface area contributed by atoms with E-state index >= 15 is 0 Å². The minimum absolute atomic E-state index is 0.107. The normalized spacial score (nSPS) is 11.6. The second-order valence-electron chi connectivity index (χ2n) is 5.71. The largest absolute Gasteiger partial charge is 0.464 e. The Hall–Kier alpha value is -2.92. The van der Waals surface area contributed by atoms with Crippen LogP contribution < -0.4 is 0 Å². The average molecular weight is 322 g/mol. The number of benzene rings is 2.